The Morgan fingerprint density at radius 2 is 1.90 bits per heavy atom. The van der Waals surface area contributed by atoms with Crippen molar-refractivity contribution in [1.29, 1.82) is 0 Å². The zero-order valence-corrected chi connectivity index (χ0v) is 12.0. The smallest absolute Gasteiger partial charge is 0.0626 e. The zero-order valence-electron chi connectivity index (χ0n) is 12.0. The Hall–Kier alpha value is -1.58. The maximum atomic E-state index is 9.68. The molecule has 2 atom stereocenters. The van der Waals surface area contributed by atoms with E-state index in [4.69, 9.17) is 0 Å². The first kappa shape index (κ1) is 14.8. The summed E-state index contributed by atoms with van der Waals surface area (Å²) in [5.74, 6) is 0. The Morgan fingerprint density at radius 3 is 2.50 bits per heavy atom. The van der Waals surface area contributed by atoms with Crippen LogP contribution in [0.15, 0.2) is 48.7 Å². The van der Waals surface area contributed by atoms with Crippen molar-refractivity contribution in [3.05, 3.63) is 59.9 Å². The van der Waals surface area contributed by atoms with Gasteiger partial charge in [-0.05, 0) is 24.1 Å². The molecule has 0 unspecified atom stereocenters. The first-order valence-corrected chi connectivity index (χ1v) is 7.40. The summed E-state index contributed by atoms with van der Waals surface area (Å²) in [5.41, 5.74) is 2.32. The molecule has 0 bridgehead atoms. The molecular formula is C17H24N2O. The van der Waals surface area contributed by atoms with Crippen LogP contribution in [0.25, 0.3) is 0 Å². The van der Waals surface area contributed by atoms with E-state index in [1.165, 1.54) is 18.5 Å². The highest BCUT2D eigenvalue weighted by Gasteiger charge is 2.18. The van der Waals surface area contributed by atoms with Gasteiger partial charge >= 0.3 is 0 Å². The number of aromatic nitrogens is 1. The van der Waals surface area contributed by atoms with Crippen LogP contribution in [0, 0.1) is 0 Å². The van der Waals surface area contributed by atoms with Crippen LogP contribution < -0.4 is 5.32 Å². The minimum atomic E-state index is -0.0265. The van der Waals surface area contributed by atoms with E-state index in [-0.39, 0.29) is 18.7 Å². The summed E-state index contributed by atoms with van der Waals surface area (Å²) in [6.45, 7) is 2.31. The molecule has 0 saturated heterocycles. The second-order valence-electron chi connectivity index (χ2n) is 5.13. The largest absolute Gasteiger partial charge is 0.394 e. The van der Waals surface area contributed by atoms with Crippen molar-refractivity contribution in [1.82, 2.24) is 10.3 Å². The predicted octanol–water partition coefficient (Wildman–Crippen LogP) is 3.57. The maximum Gasteiger partial charge on any atom is 0.0626 e. The van der Waals surface area contributed by atoms with Crippen LogP contribution in [-0.2, 0) is 0 Å². The van der Waals surface area contributed by atoms with E-state index < -0.39 is 0 Å². The van der Waals surface area contributed by atoms with Gasteiger partial charge < -0.3 is 10.1 Å². The molecule has 0 radical (unpaired) electrons. The van der Waals surface area contributed by atoms with Crippen molar-refractivity contribution in [2.75, 3.05) is 6.61 Å². The van der Waals surface area contributed by atoms with E-state index >= 15 is 0 Å². The number of hydrogen-bond acceptors (Lipinski definition) is 2. The zero-order chi connectivity index (χ0) is 14.2. The minimum absolute atomic E-state index is 0.0265. The molecule has 20 heavy (non-hydrogen) atoms. The molecule has 0 saturated carbocycles. The third kappa shape index (κ3) is 3.95. The second-order valence-corrected chi connectivity index (χ2v) is 5.13. The lowest BCUT2D eigenvalue weighted by atomic mass is 10.0. The Kier molecular flexibility index (Phi) is 5.84. The van der Waals surface area contributed by atoms with Crippen LogP contribution in [0.5, 0.6) is 0 Å². The van der Waals surface area contributed by atoms with E-state index in [2.05, 4.69) is 35.4 Å². The van der Waals surface area contributed by atoms with Crippen LogP contribution in [0.4, 0.5) is 0 Å². The van der Waals surface area contributed by atoms with Gasteiger partial charge in [0, 0.05) is 17.9 Å². The topological polar surface area (TPSA) is 48.0 Å². The Balaban J connectivity index is 2.09. The number of rotatable bonds is 8. The molecule has 0 aliphatic carbocycles. The number of unbranched alkanes of at least 4 members (excludes halogenated alkanes) is 1. The van der Waals surface area contributed by atoms with Gasteiger partial charge in [0.25, 0.3) is 0 Å². The van der Waals surface area contributed by atoms with Crippen molar-refractivity contribution in [2.45, 2.75) is 38.3 Å². The maximum absolute atomic E-state index is 9.68. The Bertz CT molecular complexity index is 467. The van der Waals surface area contributed by atoms with Gasteiger partial charge in [0.1, 0.15) is 0 Å². The lowest BCUT2D eigenvalue weighted by molar-refractivity contribution is 0.229. The molecule has 0 fully saturated rings. The molecule has 2 aromatic rings. The van der Waals surface area contributed by atoms with Gasteiger partial charge in [0.2, 0.25) is 0 Å². The standard InChI is InChI=1S/C17H24N2O/c1-2-3-10-16(15-11-7-12-18-15)19-17(13-20)14-8-5-4-6-9-14/h4-9,11-12,16-20H,2-3,10,13H2,1H3/t16-,17+/m0/s1. The van der Waals surface area contributed by atoms with Crippen LogP contribution in [-0.4, -0.2) is 16.7 Å². The predicted molar refractivity (Wildman–Crippen MR) is 82.5 cm³/mol. The molecule has 3 N–H and O–H groups in total. The molecule has 3 heteroatoms. The van der Waals surface area contributed by atoms with Gasteiger partial charge in [-0.3, -0.25) is 5.32 Å². The fraction of sp³-hybridized carbons (Fsp3) is 0.412. The SMILES string of the molecule is CCCC[C@H](N[C@H](CO)c1ccccc1)c1ccc[nH]1. The minimum Gasteiger partial charge on any atom is -0.394 e. The summed E-state index contributed by atoms with van der Waals surface area (Å²) in [6, 6.07) is 14.5. The summed E-state index contributed by atoms with van der Waals surface area (Å²) < 4.78 is 0. The van der Waals surface area contributed by atoms with E-state index in [1.54, 1.807) is 0 Å². The number of benzene rings is 1. The molecule has 108 valence electrons. The highest BCUT2D eigenvalue weighted by atomic mass is 16.3. The third-order valence-corrected chi connectivity index (χ3v) is 3.63. The number of aromatic amines is 1. The highest BCUT2D eigenvalue weighted by Crippen LogP contribution is 2.23. The van der Waals surface area contributed by atoms with Gasteiger partial charge in [0.05, 0.1) is 12.6 Å². The summed E-state index contributed by atoms with van der Waals surface area (Å²) in [7, 11) is 0. The van der Waals surface area contributed by atoms with Crippen molar-refractivity contribution in [3.63, 3.8) is 0 Å². The molecule has 0 aliphatic rings. The van der Waals surface area contributed by atoms with Crippen molar-refractivity contribution >= 4 is 0 Å². The van der Waals surface area contributed by atoms with Gasteiger partial charge in [-0.1, -0.05) is 50.1 Å². The average Bonchev–Trinajstić information content (AvgIpc) is 3.03. The molecule has 1 heterocycles. The molecule has 1 aromatic carbocycles. The first-order chi connectivity index (χ1) is 9.85. The molecule has 3 nitrogen and oxygen atoms in total. The Labute approximate surface area is 121 Å². The first-order valence-electron chi connectivity index (χ1n) is 7.40. The normalized spacial score (nSPS) is 14.1. The molecule has 1 aromatic heterocycles. The van der Waals surface area contributed by atoms with Crippen LogP contribution in [0.2, 0.25) is 0 Å². The highest BCUT2D eigenvalue weighted by molar-refractivity contribution is 5.20. The lowest BCUT2D eigenvalue weighted by Crippen LogP contribution is -2.29. The summed E-state index contributed by atoms with van der Waals surface area (Å²) in [5, 5.41) is 13.3. The number of hydrogen-bond donors (Lipinski definition) is 3. The number of aliphatic hydroxyl groups is 1. The summed E-state index contributed by atoms with van der Waals surface area (Å²) >= 11 is 0. The average molecular weight is 272 g/mol. The van der Waals surface area contributed by atoms with Crippen LogP contribution in [0.3, 0.4) is 0 Å². The Morgan fingerprint density at radius 1 is 1.10 bits per heavy atom. The molecule has 2 rings (SSSR count). The molecule has 0 spiro atoms. The summed E-state index contributed by atoms with van der Waals surface area (Å²) in [6.07, 6.45) is 5.37. The third-order valence-electron chi connectivity index (χ3n) is 3.63. The van der Waals surface area contributed by atoms with Crippen LogP contribution in [0.1, 0.15) is 49.5 Å². The van der Waals surface area contributed by atoms with E-state index in [0.717, 1.165) is 12.0 Å². The van der Waals surface area contributed by atoms with E-state index in [0.29, 0.717) is 0 Å². The van der Waals surface area contributed by atoms with Crippen molar-refractivity contribution < 1.29 is 5.11 Å². The van der Waals surface area contributed by atoms with Crippen molar-refractivity contribution in [2.24, 2.45) is 0 Å². The number of H-pyrrole nitrogens is 1. The number of aliphatic hydroxyl groups excluding tert-OH is 1. The quantitative estimate of drug-likeness (QED) is 0.688. The number of nitrogens with one attached hydrogen (secondary N) is 2. The molecule has 0 aliphatic heterocycles. The lowest BCUT2D eigenvalue weighted by Gasteiger charge is -2.24. The van der Waals surface area contributed by atoms with Gasteiger partial charge in [0.15, 0.2) is 0 Å². The van der Waals surface area contributed by atoms with Crippen LogP contribution >= 0.6 is 0 Å². The fourth-order valence-corrected chi connectivity index (χ4v) is 2.48. The van der Waals surface area contributed by atoms with E-state index in [9.17, 15) is 5.11 Å². The molecule has 0 amide bonds. The van der Waals surface area contributed by atoms with Gasteiger partial charge in [-0.25, -0.2) is 0 Å². The van der Waals surface area contributed by atoms with E-state index in [1.807, 2.05) is 30.5 Å². The fourth-order valence-electron chi connectivity index (χ4n) is 2.48. The second kappa shape index (κ2) is 7.88. The summed E-state index contributed by atoms with van der Waals surface area (Å²) in [4.78, 5) is 3.28. The van der Waals surface area contributed by atoms with Crippen molar-refractivity contribution in [3.8, 4) is 0 Å². The van der Waals surface area contributed by atoms with Gasteiger partial charge in [-0.15, -0.1) is 0 Å². The monoisotopic (exact) mass is 272 g/mol. The molecular weight excluding hydrogens is 248 g/mol. The van der Waals surface area contributed by atoms with Gasteiger partial charge in [-0.2, -0.15) is 0 Å².